The zero-order valence-corrected chi connectivity index (χ0v) is 8.48. The van der Waals surface area contributed by atoms with E-state index in [1.54, 1.807) is 0 Å². The van der Waals surface area contributed by atoms with Gasteiger partial charge >= 0.3 is 11.8 Å². The largest absolute Gasteiger partial charge is 0.395 e. The van der Waals surface area contributed by atoms with Crippen LogP contribution in [0.3, 0.4) is 0 Å². The van der Waals surface area contributed by atoms with Crippen molar-refractivity contribution in [2.24, 2.45) is 5.73 Å². The summed E-state index contributed by atoms with van der Waals surface area (Å²) in [5.74, 6) is -1.55. The molecule has 0 aliphatic carbocycles. The second kappa shape index (κ2) is 8.16. The highest BCUT2D eigenvalue weighted by Gasteiger charge is 2.20. The van der Waals surface area contributed by atoms with Crippen molar-refractivity contribution < 1.29 is 19.8 Å². The maximum absolute atomic E-state index is 11.4. The summed E-state index contributed by atoms with van der Waals surface area (Å²) in [6, 6.07) is 0. The number of amides is 2. The summed E-state index contributed by atoms with van der Waals surface area (Å²) in [6.07, 6.45) is 0. The molecule has 0 radical (unpaired) electrons. The van der Waals surface area contributed by atoms with Crippen LogP contribution < -0.4 is 11.1 Å². The molecule has 5 N–H and O–H groups in total. The number of carbonyl (C=O) groups is 2. The van der Waals surface area contributed by atoms with E-state index >= 15 is 0 Å². The summed E-state index contributed by atoms with van der Waals surface area (Å²) in [5.41, 5.74) is 5.15. The van der Waals surface area contributed by atoms with E-state index in [9.17, 15) is 9.59 Å². The molecule has 0 aromatic carbocycles. The zero-order valence-electron chi connectivity index (χ0n) is 8.48. The van der Waals surface area contributed by atoms with Crippen molar-refractivity contribution in [2.75, 3.05) is 39.4 Å². The molecule has 0 saturated carbocycles. The monoisotopic (exact) mass is 219 g/mol. The lowest BCUT2D eigenvalue weighted by molar-refractivity contribution is -0.146. The average molecular weight is 219 g/mol. The summed E-state index contributed by atoms with van der Waals surface area (Å²) in [6.45, 7) is 0.00633. The van der Waals surface area contributed by atoms with Crippen LogP contribution in [0.2, 0.25) is 0 Å². The first-order valence-electron chi connectivity index (χ1n) is 4.66. The van der Waals surface area contributed by atoms with E-state index < -0.39 is 11.8 Å². The van der Waals surface area contributed by atoms with Gasteiger partial charge in [0.2, 0.25) is 0 Å². The molecule has 0 rings (SSSR count). The molecule has 0 heterocycles. The molecular weight excluding hydrogens is 202 g/mol. The molecule has 0 spiro atoms. The Balaban J connectivity index is 4.15. The van der Waals surface area contributed by atoms with Gasteiger partial charge in [-0.3, -0.25) is 9.59 Å². The van der Waals surface area contributed by atoms with Crippen LogP contribution in [0.5, 0.6) is 0 Å². The number of aliphatic hydroxyl groups excluding tert-OH is 2. The van der Waals surface area contributed by atoms with Gasteiger partial charge in [0, 0.05) is 26.2 Å². The lowest BCUT2D eigenvalue weighted by Gasteiger charge is -2.19. The predicted molar refractivity (Wildman–Crippen MR) is 52.8 cm³/mol. The fourth-order valence-corrected chi connectivity index (χ4v) is 0.961. The van der Waals surface area contributed by atoms with Crippen molar-refractivity contribution in [1.29, 1.82) is 0 Å². The van der Waals surface area contributed by atoms with E-state index in [4.69, 9.17) is 15.9 Å². The molecule has 0 aliphatic rings. The molecule has 7 nitrogen and oxygen atoms in total. The van der Waals surface area contributed by atoms with Gasteiger partial charge in [0.05, 0.1) is 13.2 Å². The average Bonchev–Trinajstić information content (AvgIpc) is 2.24. The van der Waals surface area contributed by atoms with E-state index in [0.717, 1.165) is 4.90 Å². The van der Waals surface area contributed by atoms with Crippen molar-refractivity contribution in [3.63, 3.8) is 0 Å². The Kier molecular flexibility index (Phi) is 7.51. The topological polar surface area (TPSA) is 116 Å². The molecule has 0 fully saturated rings. The molecule has 0 unspecified atom stereocenters. The minimum Gasteiger partial charge on any atom is -0.395 e. The highest BCUT2D eigenvalue weighted by atomic mass is 16.3. The van der Waals surface area contributed by atoms with E-state index in [-0.39, 0.29) is 39.4 Å². The van der Waals surface area contributed by atoms with Gasteiger partial charge in [0.1, 0.15) is 0 Å². The molecule has 0 atom stereocenters. The number of aliphatic hydroxyl groups is 2. The van der Waals surface area contributed by atoms with Crippen LogP contribution in [0.25, 0.3) is 0 Å². The van der Waals surface area contributed by atoms with Gasteiger partial charge in [0.25, 0.3) is 0 Å². The smallest absolute Gasteiger partial charge is 0.312 e. The third kappa shape index (κ3) is 5.31. The van der Waals surface area contributed by atoms with Gasteiger partial charge in [-0.15, -0.1) is 0 Å². The predicted octanol–water partition coefficient (Wildman–Crippen LogP) is -3.13. The fourth-order valence-electron chi connectivity index (χ4n) is 0.961. The standard InChI is InChI=1S/C8H17N3O4/c9-1-2-10-7(14)8(15)11(3-5-12)4-6-13/h12-13H,1-6,9H2,(H,10,14). The normalized spacial score (nSPS) is 9.80. The molecule has 0 aliphatic heterocycles. The minimum atomic E-state index is -0.776. The molecule has 0 aromatic heterocycles. The van der Waals surface area contributed by atoms with E-state index in [1.165, 1.54) is 0 Å². The summed E-state index contributed by atoms with van der Waals surface area (Å²) in [5, 5.41) is 19.6. The van der Waals surface area contributed by atoms with Gasteiger partial charge in [-0.05, 0) is 0 Å². The minimum absolute atomic E-state index is 0.0233. The summed E-state index contributed by atoms with van der Waals surface area (Å²) in [7, 11) is 0. The van der Waals surface area contributed by atoms with Crippen molar-refractivity contribution in [3.8, 4) is 0 Å². The number of nitrogens with one attached hydrogen (secondary N) is 1. The highest BCUT2D eigenvalue weighted by Crippen LogP contribution is 1.89. The lowest BCUT2D eigenvalue weighted by Crippen LogP contribution is -2.46. The van der Waals surface area contributed by atoms with Crippen LogP contribution in [0.4, 0.5) is 0 Å². The molecule has 2 amide bonds. The molecule has 7 heteroatoms. The number of hydrogen-bond donors (Lipinski definition) is 4. The molecule has 88 valence electrons. The third-order valence-corrected chi connectivity index (χ3v) is 1.65. The van der Waals surface area contributed by atoms with Gasteiger partial charge in [0.15, 0.2) is 0 Å². The van der Waals surface area contributed by atoms with E-state index in [0.29, 0.717) is 0 Å². The van der Waals surface area contributed by atoms with Crippen molar-refractivity contribution in [3.05, 3.63) is 0 Å². The summed E-state index contributed by atoms with van der Waals surface area (Å²) in [4.78, 5) is 23.6. The van der Waals surface area contributed by atoms with Gasteiger partial charge in [-0.25, -0.2) is 0 Å². The number of hydrogen-bond acceptors (Lipinski definition) is 5. The second-order valence-electron chi connectivity index (χ2n) is 2.78. The van der Waals surface area contributed by atoms with Crippen molar-refractivity contribution >= 4 is 11.8 Å². The van der Waals surface area contributed by atoms with E-state index in [2.05, 4.69) is 5.32 Å². The molecule has 0 bridgehead atoms. The quantitative estimate of drug-likeness (QED) is 0.353. The third-order valence-electron chi connectivity index (χ3n) is 1.65. The first-order chi connectivity index (χ1) is 7.17. The fraction of sp³-hybridized carbons (Fsp3) is 0.750. The molecule has 0 saturated heterocycles. The Morgan fingerprint density at radius 3 is 2.13 bits per heavy atom. The van der Waals surface area contributed by atoms with Gasteiger partial charge < -0.3 is 26.2 Å². The number of nitrogens with zero attached hydrogens (tertiary/aromatic N) is 1. The molecular formula is C8H17N3O4. The molecule has 15 heavy (non-hydrogen) atoms. The van der Waals surface area contributed by atoms with Gasteiger partial charge in [-0.1, -0.05) is 0 Å². The van der Waals surface area contributed by atoms with Crippen molar-refractivity contribution in [2.45, 2.75) is 0 Å². The Morgan fingerprint density at radius 1 is 1.20 bits per heavy atom. The van der Waals surface area contributed by atoms with Crippen LogP contribution in [-0.2, 0) is 9.59 Å². The van der Waals surface area contributed by atoms with Crippen LogP contribution in [0.15, 0.2) is 0 Å². The maximum atomic E-state index is 11.4. The van der Waals surface area contributed by atoms with E-state index in [1.807, 2.05) is 0 Å². The zero-order chi connectivity index (χ0) is 11.7. The van der Waals surface area contributed by atoms with Crippen LogP contribution >= 0.6 is 0 Å². The molecule has 0 aromatic rings. The number of rotatable bonds is 6. The summed E-state index contributed by atoms with van der Waals surface area (Å²) < 4.78 is 0. The Morgan fingerprint density at radius 2 is 1.73 bits per heavy atom. The number of carbonyl (C=O) groups excluding carboxylic acids is 2. The lowest BCUT2D eigenvalue weighted by atomic mass is 10.4. The van der Waals surface area contributed by atoms with Crippen LogP contribution in [0.1, 0.15) is 0 Å². The first kappa shape index (κ1) is 13.8. The second-order valence-corrected chi connectivity index (χ2v) is 2.78. The maximum Gasteiger partial charge on any atom is 0.312 e. The number of nitrogens with two attached hydrogens (primary N) is 1. The Labute approximate surface area is 87.9 Å². The SMILES string of the molecule is NCCNC(=O)C(=O)N(CCO)CCO. The van der Waals surface area contributed by atoms with Crippen molar-refractivity contribution in [1.82, 2.24) is 10.2 Å². The first-order valence-corrected chi connectivity index (χ1v) is 4.66. The van der Waals surface area contributed by atoms with Crippen LogP contribution in [0, 0.1) is 0 Å². The Hall–Kier alpha value is -1.18. The van der Waals surface area contributed by atoms with Crippen LogP contribution in [-0.4, -0.2) is 66.3 Å². The Bertz CT molecular complexity index is 204. The highest BCUT2D eigenvalue weighted by molar-refractivity contribution is 6.35. The summed E-state index contributed by atoms with van der Waals surface area (Å²) >= 11 is 0. The van der Waals surface area contributed by atoms with Gasteiger partial charge in [-0.2, -0.15) is 0 Å².